The molecule has 0 saturated heterocycles. The number of nitrogens with one attached hydrogen (secondary N) is 2. The van der Waals surface area contributed by atoms with E-state index in [1.807, 2.05) is 42.5 Å². The number of rotatable bonds is 6. The van der Waals surface area contributed by atoms with Crippen molar-refractivity contribution in [2.24, 2.45) is 5.73 Å². The van der Waals surface area contributed by atoms with Gasteiger partial charge in [0.2, 0.25) is 0 Å². The number of hydrogen-bond acceptors (Lipinski definition) is 3. The molecule has 6 nitrogen and oxygen atoms in total. The van der Waals surface area contributed by atoms with Gasteiger partial charge in [-0.05, 0) is 11.1 Å². The summed E-state index contributed by atoms with van der Waals surface area (Å²) in [6.45, 7) is 1.03. The van der Waals surface area contributed by atoms with Crippen LogP contribution in [0.1, 0.15) is 27.0 Å². The molecule has 1 heterocycles. The van der Waals surface area contributed by atoms with Gasteiger partial charge in [-0.2, -0.15) is 5.10 Å². The van der Waals surface area contributed by atoms with Crippen molar-refractivity contribution < 1.29 is 4.79 Å². The van der Waals surface area contributed by atoms with Crippen LogP contribution in [0, 0.1) is 5.41 Å². The molecule has 3 aromatic rings. The Morgan fingerprint density at radius 1 is 1.04 bits per heavy atom. The van der Waals surface area contributed by atoms with Crippen molar-refractivity contribution in [3.8, 4) is 0 Å². The van der Waals surface area contributed by atoms with Gasteiger partial charge in [0.05, 0.1) is 18.3 Å². The van der Waals surface area contributed by atoms with E-state index in [0.29, 0.717) is 24.2 Å². The minimum Gasteiger partial charge on any atom is -0.384 e. The van der Waals surface area contributed by atoms with Crippen LogP contribution >= 0.6 is 12.4 Å². The lowest BCUT2D eigenvalue weighted by molar-refractivity contribution is 0.0951. The number of hydrogen-bond donors (Lipinski definition) is 3. The second kappa shape index (κ2) is 8.82. The highest BCUT2D eigenvalue weighted by Gasteiger charge is 2.09. The topological polar surface area (TPSA) is 96.8 Å². The zero-order chi connectivity index (χ0) is 17.6. The highest BCUT2D eigenvalue weighted by atomic mass is 35.5. The number of carbonyl (C=O) groups is 1. The quantitative estimate of drug-likeness (QED) is 0.460. The van der Waals surface area contributed by atoms with Crippen LogP contribution in [0.4, 0.5) is 0 Å². The molecule has 0 aliphatic heterocycles. The summed E-state index contributed by atoms with van der Waals surface area (Å²) < 4.78 is 1.74. The maximum Gasteiger partial charge on any atom is 0.254 e. The number of amides is 1. The van der Waals surface area contributed by atoms with Gasteiger partial charge in [0.1, 0.15) is 5.84 Å². The zero-order valence-electron chi connectivity index (χ0n) is 14.1. The van der Waals surface area contributed by atoms with E-state index in [0.717, 1.165) is 11.1 Å². The van der Waals surface area contributed by atoms with Gasteiger partial charge in [0.25, 0.3) is 5.91 Å². The van der Waals surface area contributed by atoms with E-state index in [1.165, 1.54) is 0 Å². The zero-order valence-corrected chi connectivity index (χ0v) is 14.9. The van der Waals surface area contributed by atoms with Gasteiger partial charge in [0.15, 0.2) is 0 Å². The number of nitrogens with zero attached hydrogens (tertiary/aromatic N) is 2. The second-order valence-corrected chi connectivity index (χ2v) is 5.71. The third kappa shape index (κ3) is 4.94. The largest absolute Gasteiger partial charge is 0.384 e. The molecule has 26 heavy (non-hydrogen) atoms. The first-order valence-electron chi connectivity index (χ1n) is 7.90. The van der Waals surface area contributed by atoms with Crippen LogP contribution in [0.5, 0.6) is 0 Å². The Labute approximate surface area is 158 Å². The molecule has 0 spiro atoms. The van der Waals surface area contributed by atoms with Gasteiger partial charge in [0, 0.05) is 18.3 Å². The molecule has 0 bridgehead atoms. The molecule has 1 amide bonds. The normalized spacial score (nSPS) is 10.0. The second-order valence-electron chi connectivity index (χ2n) is 5.71. The summed E-state index contributed by atoms with van der Waals surface area (Å²) >= 11 is 0. The fourth-order valence-electron chi connectivity index (χ4n) is 2.42. The molecule has 2 aromatic carbocycles. The van der Waals surface area contributed by atoms with Crippen LogP contribution in [0.25, 0.3) is 0 Å². The third-order valence-corrected chi connectivity index (χ3v) is 3.80. The van der Waals surface area contributed by atoms with Gasteiger partial charge in [-0.3, -0.25) is 14.9 Å². The summed E-state index contributed by atoms with van der Waals surface area (Å²) in [4.78, 5) is 12.2. The third-order valence-electron chi connectivity index (χ3n) is 3.80. The molecule has 1 aromatic heterocycles. The fourth-order valence-corrected chi connectivity index (χ4v) is 2.42. The Morgan fingerprint density at radius 3 is 2.38 bits per heavy atom. The fraction of sp³-hybridized carbons (Fsp3) is 0.105. The molecule has 3 rings (SSSR count). The van der Waals surface area contributed by atoms with Gasteiger partial charge >= 0.3 is 0 Å². The van der Waals surface area contributed by atoms with E-state index in [2.05, 4.69) is 10.4 Å². The predicted molar refractivity (Wildman–Crippen MR) is 104 cm³/mol. The predicted octanol–water partition coefficient (Wildman–Crippen LogP) is 2.57. The average Bonchev–Trinajstić information content (AvgIpc) is 3.09. The molecule has 7 heteroatoms. The SMILES string of the molecule is Cl.N=C(N)c1ccc(CNC(=O)c2cnn(Cc3ccccc3)c2)cc1. The molecule has 0 saturated carbocycles. The van der Waals surface area contributed by atoms with E-state index in [1.54, 1.807) is 29.2 Å². The van der Waals surface area contributed by atoms with Crippen molar-refractivity contribution in [1.82, 2.24) is 15.1 Å². The van der Waals surface area contributed by atoms with Crippen molar-refractivity contribution in [1.29, 1.82) is 5.41 Å². The Kier molecular flexibility index (Phi) is 6.52. The summed E-state index contributed by atoms with van der Waals surface area (Å²) in [5.41, 5.74) is 8.68. The molecule has 134 valence electrons. The van der Waals surface area contributed by atoms with Crippen molar-refractivity contribution in [2.45, 2.75) is 13.1 Å². The maximum atomic E-state index is 12.2. The Balaban J connectivity index is 0.00000243. The lowest BCUT2D eigenvalue weighted by atomic mass is 10.1. The van der Waals surface area contributed by atoms with Gasteiger partial charge < -0.3 is 11.1 Å². The van der Waals surface area contributed by atoms with Crippen molar-refractivity contribution >= 4 is 24.1 Å². The standard InChI is InChI=1S/C19H19N5O.ClH/c20-18(21)16-8-6-14(7-9-16)10-22-19(25)17-11-23-24(13-17)12-15-4-2-1-3-5-15;/h1-9,11,13H,10,12H2,(H3,20,21)(H,22,25);1H. The number of nitrogen functional groups attached to an aromatic ring is 1. The molecule has 0 aliphatic carbocycles. The maximum absolute atomic E-state index is 12.2. The van der Waals surface area contributed by atoms with E-state index in [9.17, 15) is 4.79 Å². The van der Waals surface area contributed by atoms with Gasteiger partial charge in [-0.1, -0.05) is 54.6 Å². The van der Waals surface area contributed by atoms with Crippen LogP contribution in [0.15, 0.2) is 67.0 Å². The van der Waals surface area contributed by atoms with Gasteiger partial charge in [-0.25, -0.2) is 0 Å². The van der Waals surface area contributed by atoms with Crippen LogP contribution < -0.4 is 11.1 Å². The summed E-state index contributed by atoms with van der Waals surface area (Å²) in [7, 11) is 0. The summed E-state index contributed by atoms with van der Waals surface area (Å²) in [6, 6.07) is 17.2. The number of nitrogens with two attached hydrogens (primary N) is 1. The summed E-state index contributed by atoms with van der Waals surface area (Å²) in [5, 5.41) is 14.5. The first kappa shape index (κ1) is 19.2. The number of amidine groups is 1. The Bertz CT molecular complexity index is 874. The number of carbonyl (C=O) groups excluding carboxylic acids is 1. The van der Waals surface area contributed by atoms with E-state index >= 15 is 0 Å². The van der Waals surface area contributed by atoms with E-state index < -0.39 is 0 Å². The summed E-state index contributed by atoms with van der Waals surface area (Å²) in [6.07, 6.45) is 3.30. The molecular formula is C19H20ClN5O. The van der Waals surface area contributed by atoms with Crippen molar-refractivity contribution in [3.05, 3.63) is 89.2 Å². The van der Waals surface area contributed by atoms with Gasteiger partial charge in [-0.15, -0.1) is 12.4 Å². The lowest BCUT2D eigenvalue weighted by Gasteiger charge is -2.05. The minimum absolute atomic E-state index is 0. The molecular weight excluding hydrogens is 350 g/mol. The highest BCUT2D eigenvalue weighted by Crippen LogP contribution is 2.06. The van der Waals surface area contributed by atoms with Crippen molar-refractivity contribution in [2.75, 3.05) is 0 Å². The summed E-state index contributed by atoms with van der Waals surface area (Å²) in [5.74, 6) is -0.142. The minimum atomic E-state index is -0.171. The molecule has 0 atom stereocenters. The smallest absolute Gasteiger partial charge is 0.254 e. The van der Waals surface area contributed by atoms with Crippen LogP contribution in [0.3, 0.4) is 0 Å². The monoisotopic (exact) mass is 369 g/mol. The molecule has 0 unspecified atom stereocenters. The molecule has 0 radical (unpaired) electrons. The molecule has 0 fully saturated rings. The number of aromatic nitrogens is 2. The first-order chi connectivity index (χ1) is 12.1. The molecule has 0 aliphatic rings. The van der Waals surface area contributed by atoms with E-state index in [-0.39, 0.29) is 24.1 Å². The van der Waals surface area contributed by atoms with E-state index in [4.69, 9.17) is 11.1 Å². The lowest BCUT2D eigenvalue weighted by Crippen LogP contribution is -2.22. The van der Waals surface area contributed by atoms with Crippen LogP contribution in [-0.2, 0) is 13.1 Å². The number of halogens is 1. The Morgan fingerprint density at radius 2 is 1.73 bits per heavy atom. The van der Waals surface area contributed by atoms with Crippen molar-refractivity contribution in [3.63, 3.8) is 0 Å². The highest BCUT2D eigenvalue weighted by molar-refractivity contribution is 5.95. The van der Waals surface area contributed by atoms with Crippen LogP contribution in [0.2, 0.25) is 0 Å². The molecule has 4 N–H and O–H groups in total. The first-order valence-corrected chi connectivity index (χ1v) is 7.90. The Hall–Kier alpha value is -3.12. The van der Waals surface area contributed by atoms with Crippen LogP contribution in [-0.4, -0.2) is 21.5 Å². The average molecular weight is 370 g/mol. The number of benzene rings is 2.